The summed E-state index contributed by atoms with van der Waals surface area (Å²) >= 11 is 0. The summed E-state index contributed by atoms with van der Waals surface area (Å²) in [6.45, 7) is 4.45. The average Bonchev–Trinajstić information content (AvgIpc) is 2.87. The van der Waals surface area contributed by atoms with Crippen molar-refractivity contribution in [3.8, 4) is 0 Å². The van der Waals surface area contributed by atoms with Gasteiger partial charge in [-0.2, -0.15) is 0 Å². The summed E-state index contributed by atoms with van der Waals surface area (Å²) in [5.74, 6) is 0. The van der Waals surface area contributed by atoms with Crippen LogP contribution in [0.4, 0.5) is 0 Å². The molecule has 2 aromatic carbocycles. The first-order valence-corrected chi connectivity index (χ1v) is 7.45. The van der Waals surface area contributed by atoms with Crippen molar-refractivity contribution in [2.24, 2.45) is 4.99 Å². The first-order chi connectivity index (χ1) is 9.77. The highest BCUT2D eigenvalue weighted by atomic mass is 14.9. The van der Waals surface area contributed by atoms with Gasteiger partial charge in [0.15, 0.2) is 0 Å². The SMILES string of the molecule is CCC1=N[C@@H](C)CC1(c1ccccc1)c1ccccc1. The van der Waals surface area contributed by atoms with Gasteiger partial charge in [-0.3, -0.25) is 4.99 Å². The molecule has 2 aromatic rings. The van der Waals surface area contributed by atoms with Crippen molar-refractivity contribution >= 4 is 5.71 Å². The molecule has 0 radical (unpaired) electrons. The van der Waals surface area contributed by atoms with E-state index in [1.165, 1.54) is 16.8 Å². The van der Waals surface area contributed by atoms with E-state index in [4.69, 9.17) is 4.99 Å². The zero-order valence-corrected chi connectivity index (χ0v) is 12.2. The Labute approximate surface area is 121 Å². The molecular formula is C19H21N. The zero-order chi connectivity index (χ0) is 14.0. The van der Waals surface area contributed by atoms with Crippen LogP contribution in [0.25, 0.3) is 0 Å². The Morgan fingerprint density at radius 1 is 0.950 bits per heavy atom. The number of hydrogen-bond donors (Lipinski definition) is 0. The van der Waals surface area contributed by atoms with Crippen LogP contribution >= 0.6 is 0 Å². The predicted molar refractivity (Wildman–Crippen MR) is 85.5 cm³/mol. The van der Waals surface area contributed by atoms with Crippen LogP contribution < -0.4 is 0 Å². The fourth-order valence-corrected chi connectivity index (χ4v) is 3.56. The number of rotatable bonds is 3. The highest BCUT2D eigenvalue weighted by molar-refractivity contribution is 5.99. The molecule has 0 unspecified atom stereocenters. The van der Waals surface area contributed by atoms with E-state index in [0.29, 0.717) is 6.04 Å². The van der Waals surface area contributed by atoms with Gasteiger partial charge < -0.3 is 0 Å². The van der Waals surface area contributed by atoms with Crippen molar-refractivity contribution in [2.75, 3.05) is 0 Å². The molecule has 0 fully saturated rings. The lowest BCUT2D eigenvalue weighted by Crippen LogP contribution is -2.34. The van der Waals surface area contributed by atoms with Crippen molar-refractivity contribution < 1.29 is 0 Å². The summed E-state index contributed by atoms with van der Waals surface area (Å²) in [6, 6.07) is 22.1. The second-order valence-corrected chi connectivity index (χ2v) is 5.62. The second-order valence-electron chi connectivity index (χ2n) is 5.62. The molecule has 0 amide bonds. The van der Waals surface area contributed by atoms with Gasteiger partial charge in [-0.05, 0) is 30.9 Å². The molecule has 0 aromatic heterocycles. The molecule has 3 rings (SSSR count). The molecular weight excluding hydrogens is 242 g/mol. The third-order valence-electron chi connectivity index (χ3n) is 4.34. The largest absolute Gasteiger partial charge is 0.290 e. The Morgan fingerprint density at radius 3 is 1.90 bits per heavy atom. The summed E-state index contributed by atoms with van der Waals surface area (Å²) in [5.41, 5.74) is 4.03. The third-order valence-corrected chi connectivity index (χ3v) is 4.34. The molecule has 0 bridgehead atoms. The van der Waals surface area contributed by atoms with Crippen molar-refractivity contribution in [2.45, 2.75) is 38.1 Å². The van der Waals surface area contributed by atoms with Crippen molar-refractivity contribution in [3.63, 3.8) is 0 Å². The van der Waals surface area contributed by atoms with Crippen molar-refractivity contribution in [3.05, 3.63) is 71.8 Å². The number of benzene rings is 2. The van der Waals surface area contributed by atoms with Crippen LogP contribution in [-0.4, -0.2) is 11.8 Å². The minimum absolute atomic E-state index is 0.0311. The van der Waals surface area contributed by atoms with Crippen LogP contribution in [0, 0.1) is 0 Å². The Morgan fingerprint density at radius 2 is 1.45 bits per heavy atom. The van der Waals surface area contributed by atoms with Gasteiger partial charge in [-0.15, -0.1) is 0 Å². The predicted octanol–water partition coefficient (Wildman–Crippen LogP) is 4.62. The van der Waals surface area contributed by atoms with E-state index in [-0.39, 0.29) is 5.41 Å². The maximum absolute atomic E-state index is 4.93. The molecule has 0 spiro atoms. The van der Waals surface area contributed by atoms with Crippen LogP contribution in [0.15, 0.2) is 65.7 Å². The highest BCUT2D eigenvalue weighted by Crippen LogP contribution is 2.43. The lowest BCUT2D eigenvalue weighted by atomic mass is 9.68. The van der Waals surface area contributed by atoms with Gasteiger partial charge in [0.25, 0.3) is 0 Å². The fourth-order valence-electron chi connectivity index (χ4n) is 3.56. The standard InChI is InChI=1S/C19H21N/c1-3-18-19(14-15(2)20-18,16-10-6-4-7-11-16)17-12-8-5-9-13-17/h4-13,15H,3,14H2,1-2H3/t15-/m0/s1. The average molecular weight is 263 g/mol. The van der Waals surface area contributed by atoms with Crippen LogP contribution in [-0.2, 0) is 5.41 Å². The minimum atomic E-state index is -0.0311. The molecule has 0 saturated heterocycles. The molecule has 1 heteroatoms. The van der Waals surface area contributed by atoms with Gasteiger partial charge in [0.05, 0.1) is 5.41 Å². The van der Waals surface area contributed by atoms with Crippen LogP contribution in [0.3, 0.4) is 0 Å². The van der Waals surface area contributed by atoms with E-state index < -0.39 is 0 Å². The molecule has 20 heavy (non-hydrogen) atoms. The van der Waals surface area contributed by atoms with E-state index in [1.54, 1.807) is 0 Å². The molecule has 0 N–H and O–H groups in total. The lowest BCUT2D eigenvalue weighted by molar-refractivity contribution is 0.591. The molecule has 1 atom stereocenters. The van der Waals surface area contributed by atoms with Gasteiger partial charge in [-0.1, -0.05) is 67.6 Å². The molecule has 1 aliphatic rings. The molecule has 1 heterocycles. The van der Waals surface area contributed by atoms with Crippen LogP contribution in [0.1, 0.15) is 37.8 Å². The van der Waals surface area contributed by atoms with E-state index in [0.717, 1.165) is 12.8 Å². The molecule has 0 aliphatic carbocycles. The summed E-state index contributed by atoms with van der Waals surface area (Å²) in [7, 11) is 0. The maximum Gasteiger partial charge on any atom is 0.0600 e. The Bertz CT molecular complexity index is 559. The normalized spacial score (nSPS) is 20.7. The zero-order valence-electron chi connectivity index (χ0n) is 12.2. The summed E-state index contributed by atoms with van der Waals surface area (Å²) in [4.78, 5) is 4.93. The van der Waals surface area contributed by atoms with Crippen LogP contribution in [0.5, 0.6) is 0 Å². The molecule has 1 nitrogen and oxygen atoms in total. The van der Waals surface area contributed by atoms with Gasteiger partial charge in [-0.25, -0.2) is 0 Å². The van der Waals surface area contributed by atoms with E-state index >= 15 is 0 Å². The quantitative estimate of drug-likeness (QED) is 0.766. The van der Waals surface area contributed by atoms with E-state index in [9.17, 15) is 0 Å². The topological polar surface area (TPSA) is 12.4 Å². The minimum Gasteiger partial charge on any atom is -0.290 e. The summed E-state index contributed by atoms with van der Waals surface area (Å²) in [5, 5.41) is 0. The fraction of sp³-hybridized carbons (Fsp3) is 0.316. The first kappa shape index (κ1) is 13.1. The first-order valence-electron chi connectivity index (χ1n) is 7.45. The second kappa shape index (κ2) is 5.24. The molecule has 1 aliphatic heterocycles. The van der Waals surface area contributed by atoms with Crippen molar-refractivity contribution in [1.82, 2.24) is 0 Å². The monoisotopic (exact) mass is 263 g/mol. The molecule has 102 valence electrons. The highest BCUT2D eigenvalue weighted by Gasteiger charge is 2.43. The Hall–Kier alpha value is -1.89. The van der Waals surface area contributed by atoms with Gasteiger partial charge in [0, 0.05) is 11.8 Å². The Kier molecular flexibility index (Phi) is 3.43. The van der Waals surface area contributed by atoms with Gasteiger partial charge in [0.2, 0.25) is 0 Å². The number of aliphatic imine (C=N–C) groups is 1. The Balaban J connectivity index is 2.22. The van der Waals surface area contributed by atoms with Crippen LogP contribution in [0.2, 0.25) is 0 Å². The number of nitrogens with zero attached hydrogens (tertiary/aromatic N) is 1. The number of hydrogen-bond acceptors (Lipinski definition) is 1. The maximum atomic E-state index is 4.93. The van der Waals surface area contributed by atoms with Gasteiger partial charge >= 0.3 is 0 Å². The molecule has 0 saturated carbocycles. The smallest absolute Gasteiger partial charge is 0.0600 e. The summed E-state index contributed by atoms with van der Waals surface area (Å²) in [6.07, 6.45) is 2.08. The lowest BCUT2D eigenvalue weighted by Gasteiger charge is -2.32. The van der Waals surface area contributed by atoms with E-state index in [1.807, 2.05) is 0 Å². The van der Waals surface area contributed by atoms with Crippen molar-refractivity contribution in [1.29, 1.82) is 0 Å². The van der Waals surface area contributed by atoms with Gasteiger partial charge in [0.1, 0.15) is 0 Å². The summed E-state index contributed by atoms with van der Waals surface area (Å²) < 4.78 is 0. The van der Waals surface area contributed by atoms with E-state index in [2.05, 4.69) is 74.5 Å². The third kappa shape index (κ3) is 1.98.